The zero-order valence-electron chi connectivity index (χ0n) is 15.5. The summed E-state index contributed by atoms with van der Waals surface area (Å²) in [4.78, 5) is 29.0. The maximum absolute atomic E-state index is 12.3. The van der Waals surface area contributed by atoms with Crippen molar-refractivity contribution in [2.24, 2.45) is 0 Å². The number of amides is 2. The smallest absolute Gasteiger partial charge is 0.247 e. The first kappa shape index (κ1) is 20.0. The van der Waals surface area contributed by atoms with Gasteiger partial charge in [-0.15, -0.1) is 11.3 Å². The van der Waals surface area contributed by atoms with E-state index in [0.717, 1.165) is 16.0 Å². The molecule has 0 saturated carbocycles. The lowest BCUT2D eigenvalue weighted by atomic mass is 10.1. The third-order valence-corrected chi connectivity index (χ3v) is 4.89. The standard InChI is InChI=1S/C22H18N4O2S/c1-2-20(27)25-18-8-4-6-16(10-18)12-21(28)26-22-24-14-19(29-22)11-15-5-3-7-17(9-15)13-23/h2-10,14H,1,11-12H2,(H,25,27)(H,24,26,28). The van der Waals surface area contributed by atoms with E-state index in [1.54, 1.807) is 30.5 Å². The van der Waals surface area contributed by atoms with Gasteiger partial charge in [0, 0.05) is 23.2 Å². The molecule has 7 heteroatoms. The molecule has 0 radical (unpaired) electrons. The van der Waals surface area contributed by atoms with Crippen LogP contribution < -0.4 is 10.6 Å². The largest absolute Gasteiger partial charge is 0.323 e. The van der Waals surface area contributed by atoms with Crippen LogP contribution in [0.5, 0.6) is 0 Å². The number of nitriles is 1. The van der Waals surface area contributed by atoms with Crippen molar-refractivity contribution in [2.75, 3.05) is 10.6 Å². The fraction of sp³-hybridized carbons (Fsp3) is 0.0909. The number of thiazole rings is 1. The summed E-state index contributed by atoms with van der Waals surface area (Å²) in [5, 5.41) is 15.0. The van der Waals surface area contributed by atoms with Crippen molar-refractivity contribution >= 4 is 34.0 Å². The summed E-state index contributed by atoms with van der Waals surface area (Å²) in [7, 11) is 0. The number of nitrogens with zero attached hydrogens (tertiary/aromatic N) is 2. The van der Waals surface area contributed by atoms with Gasteiger partial charge in [0.25, 0.3) is 0 Å². The first-order chi connectivity index (χ1) is 14.1. The van der Waals surface area contributed by atoms with Crippen LogP contribution in [0.15, 0.2) is 67.4 Å². The van der Waals surface area contributed by atoms with Crippen molar-refractivity contribution in [1.29, 1.82) is 5.26 Å². The Bertz CT molecular complexity index is 1100. The second kappa shape index (κ2) is 9.44. The third-order valence-electron chi connectivity index (χ3n) is 3.98. The van der Waals surface area contributed by atoms with Gasteiger partial charge in [-0.3, -0.25) is 9.59 Å². The van der Waals surface area contributed by atoms with Gasteiger partial charge >= 0.3 is 0 Å². The monoisotopic (exact) mass is 402 g/mol. The predicted octanol–water partition coefficient (Wildman–Crippen LogP) is 3.91. The lowest BCUT2D eigenvalue weighted by Crippen LogP contribution is -2.14. The summed E-state index contributed by atoms with van der Waals surface area (Å²) < 4.78 is 0. The van der Waals surface area contributed by atoms with Crippen molar-refractivity contribution in [3.63, 3.8) is 0 Å². The number of hydrogen-bond acceptors (Lipinski definition) is 5. The van der Waals surface area contributed by atoms with Gasteiger partial charge in [0.05, 0.1) is 18.1 Å². The molecule has 1 aromatic heterocycles. The van der Waals surface area contributed by atoms with Crippen molar-refractivity contribution in [3.8, 4) is 6.07 Å². The first-order valence-electron chi connectivity index (χ1n) is 8.81. The van der Waals surface area contributed by atoms with Crippen LogP contribution in [0.4, 0.5) is 10.8 Å². The van der Waals surface area contributed by atoms with Gasteiger partial charge in [-0.2, -0.15) is 5.26 Å². The minimum Gasteiger partial charge on any atom is -0.323 e. The van der Waals surface area contributed by atoms with E-state index < -0.39 is 0 Å². The number of hydrogen-bond donors (Lipinski definition) is 2. The van der Waals surface area contributed by atoms with Crippen LogP contribution in [0, 0.1) is 11.3 Å². The van der Waals surface area contributed by atoms with Crippen LogP contribution in [-0.2, 0) is 22.4 Å². The van der Waals surface area contributed by atoms with Gasteiger partial charge < -0.3 is 10.6 Å². The molecule has 0 atom stereocenters. The van der Waals surface area contributed by atoms with E-state index >= 15 is 0 Å². The summed E-state index contributed by atoms with van der Waals surface area (Å²) >= 11 is 1.40. The highest BCUT2D eigenvalue weighted by Gasteiger charge is 2.09. The topological polar surface area (TPSA) is 94.9 Å². The van der Waals surface area contributed by atoms with Crippen molar-refractivity contribution in [1.82, 2.24) is 4.98 Å². The van der Waals surface area contributed by atoms with Crippen LogP contribution >= 0.6 is 11.3 Å². The first-order valence-corrected chi connectivity index (χ1v) is 9.63. The molecule has 3 rings (SSSR count). The van der Waals surface area contributed by atoms with E-state index in [1.165, 1.54) is 17.4 Å². The predicted molar refractivity (Wildman–Crippen MR) is 114 cm³/mol. The number of nitrogens with one attached hydrogen (secondary N) is 2. The number of carbonyl (C=O) groups is 2. The van der Waals surface area contributed by atoms with Crippen molar-refractivity contribution < 1.29 is 9.59 Å². The van der Waals surface area contributed by atoms with E-state index in [-0.39, 0.29) is 18.2 Å². The normalized spacial score (nSPS) is 10.0. The Morgan fingerprint density at radius 2 is 1.93 bits per heavy atom. The molecule has 0 aliphatic carbocycles. The molecule has 0 spiro atoms. The average Bonchev–Trinajstić information content (AvgIpc) is 3.14. The molecule has 0 aliphatic rings. The molecule has 0 saturated heterocycles. The highest BCUT2D eigenvalue weighted by Crippen LogP contribution is 2.22. The number of aromatic nitrogens is 1. The van der Waals surface area contributed by atoms with Gasteiger partial charge in [-0.1, -0.05) is 30.8 Å². The Labute approximate surface area is 172 Å². The van der Waals surface area contributed by atoms with Gasteiger partial charge in [0.1, 0.15) is 0 Å². The molecule has 2 aromatic carbocycles. The Hall–Kier alpha value is -3.76. The fourth-order valence-electron chi connectivity index (χ4n) is 2.70. The van der Waals surface area contributed by atoms with Crippen LogP contribution in [0.2, 0.25) is 0 Å². The molecule has 29 heavy (non-hydrogen) atoms. The number of carbonyl (C=O) groups excluding carboxylic acids is 2. The maximum atomic E-state index is 12.3. The van der Waals surface area contributed by atoms with Crippen LogP contribution in [0.3, 0.4) is 0 Å². The highest BCUT2D eigenvalue weighted by molar-refractivity contribution is 7.15. The molecular weight excluding hydrogens is 384 g/mol. The average molecular weight is 402 g/mol. The summed E-state index contributed by atoms with van der Waals surface area (Å²) in [6, 6.07) is 16.6. The molecule has 2 amide bonds. The molecule has 1 heterocycles. The lowest BCUT2D eigenvalue weighted by Gasteiger charge is -2.06. The molecule has 144 valence electrons. The van der Waals surface area contributed by atoms with Gasteiger partial charge in [-0.25, -0.2) is 4.98 Å². The van der Waals surface area contributed by atoms with E-state index in [4.69, 9.17) is 5.26 Å². The molecule has 0 fully saturated rings. The van der Waals surface area contributed by atoms with Crippen LogP contribution in [0.1, 0.15) is 21.6 Å². The molecule has 2 N–H and O–H groups in total. The minimum atomic E-state index is -0.303. The summed E-state index contributed by atoms with van der Waals surface area (Å²) in [5.74, 6) is -0.494. The number of benzene rings is 2. The van der Waals surface area contributed by atoms with Gasteiger partial charge in [0.2, 0.25) is 11.8 Å². The highest BCUT2D eigenvalue weighted by atomic mass is 32.1. The Kier molecular flexibility index (Phi) is 6.51. The van der Waals surface area contributed by atoms with Crippen LogP contribution in [0.25, 0.3) is 0 Å². The second-order valence-electron chi connectivity index (χ2n) is 6.24. The Morgan fingerprint density at radius 3 is 2.72 bits per heavy atom. The third kappa shape index (κ3) is 5.86. The summed E-state index contributed by atoms with van der Waals surface area (Å²) in [6.07, 6.45) is 3.73. The summed E-state index contributed by atoms with van der Waals surface area (Å²) in [6.45, 7) is 3.42. The van der Waals surface area contributed by atoms with E-state index in [1.807, 2.05) is 24.3 Å². The zero-order chi connectivity index (χ0) is 20.6. The SMILES string of the molecule is C=CC(=O)Nc1cccc(CC(=O)Nc2ncc(Cc3cccc(C#N)c3)s2)c1. The van der Waals surface area contributed by atoms with Gasteiger partial charge in [0.15, 0.2) is 5.13 Å². The molecule has 3 aromatic rings. The zero-order valence-corrected chi connectivity index (χ0v) is 16.3. The second-order valence-corrected chi connectivity index (χ2v) is 7.35. The van der Waals surface area contributed by atoms with E-state index in [9.17, 15) is 9.59 Å². The van der Waals surface area contributed by atoms with Crippen LogP contribution in [-0.4, -0.2) is 16.8 Å². The van der Waals surface area contributed by atoms with Crippen molar-refractivity contribution in [2.45, 2.75) is 12.8 Å². The fourth-order valence-corrected chi connectivity index (χ4v) is 3.56. The molecule has 0 unspecified atom stereocenters. The van der Waals surface area contributed by atoms with E-state index in [0.29, 0.717) is 22.8 Å². The Balaban J connectivity index is 1.59. The quantitative estimate of drug-likeness (QED) is 0.586. The maximum Gasteiger partial charge on any atom is 0.247 e. The van der Waals surface area contributed by atoms with Gasteiger partial charge in [-0.05, 0) is 41.5 Å². The number of rotatable bonds is 7. The summed E-state index contributed by atoms with van der Waals surface area (Å²) in [5.41, 5.74) is 3.02. The molecule has 0 bridgehead atoms. The molecule has 6 nitrogen and oxygen atoms in total. The Morgan fingerprint density at radius 1 is 1.14 bits per heavy atom. The lowest BCUT2D eigenvalue weighted by molar-refractivity contribution is -0.115. The van der Waals surface area contributed by atoms with Crippen molar-refractivity contribution in [3.05, 3.63) is 89.0 Å². The molecular formula is C22H18N4O2S. The molecule has 0 aliphatic heterocycles. The van der Waals surface area contributed by atoms with E-state index in [2.05, 4.69) is 28.3 Å². The number of anilines is 2. The minimum absolute atomic E-state index is 0.164.